The first-order chi connectivity index (χ1) is 12.1. The zero-order valence-corrected chi connectivity index (χ0v) is 15.0. The number of β-amino-alcohol motifs (C(OH)–C–C–N with tert-alkyl or cyclic N) is 1. The van der Waals surface area contributed by atoms with Crippen LogP contribution in [0.4, 0.5) is 0 Å². The van der Waals surface area contributed by atoms with E-state index in [9.17, 15) is 9.90 Å². The van der Waals surface area contributed by atoms with E-state index in [1.54, 1.807) is 0 Å². The van der Waals surface area contributed by atoms with Crippen molar-refractivity contribution in [3.8, 4) is 0 Å². The van der Waals surface area contributed by atoms with Crippen LogP contribution < -0.4 is 0 Å². The van der Waals surface area contributed by atoms with E-state index < -0.39 is 6.10 Å². The number of benzene rings is 1. The van der Waals surface area contributed by atoms with Gasteiger partial charge in [-0.2, -0.15) is 0 Å². The van der Waals surface area contributed by atoms with Crippen molar-refractivity contribution in [3.63, 3.8) is 0 Å². The lowest BCUT2D eigenvalue weighted by atomic mass is 10.1. The number of ether oxygens (including phenoxy) is 1. The van der Waals surface area contributed by atoms with Crippen LogP contribution in [-0.2, 0) is 9.53 Å². The highest BCUT2D eigenvalue weighted by Gasteiger charge is 2.25. The summed E-state index contributed by atoms with van der Waals surface area (Å²) in [4.78, 5) is 18.8. The van der Waals surface area contributed by atoms with Crippen molar-refractivity contribution in [1.29, 1.82) is 0 Å². The number of amides is 1. The average Bonchev–Trinajstić information content (AvgIpc) is 2.64. The molecule has 0 radical (unpaired) electrons. The highest BCUT2D eigenvalue weighted by molar-refractivity contribution is 5.78. The zero-order chi connectivity index (χ0) is 17.6. The Labute approximate surface area is 150 Å². The van der Waals surface area contributed by atoms with Gasteiger partial charge in [0, 0.05) is 45.8 Å². The number of piperazine rings is 1. The minimum absolute atomic E-state index is 0.133. The Morgan fingerprint density at radius 2 is 1.84 bits per heavy atom. The lowest BCUT2D eigenvalue weighted by Gasteiger charge is -2.37. The van der Waals surface area contributed by atoms with Crippen LogP contribution in [0, 0.1) is 0 Å². The number of nitrogens with zero attached hydrogens (tertiary/aromatic N) is 3. The van der Waals surface area contributed by atoms with Crippen molar-refractivity contribution in [2.24, 2.45) is 0 Å². The van der Waals surface area contributed by atoms with Crippen molar-refractivity contribution in [2.75, 3.05) is 59.0 Å². The van der Waals surface area contributed by atoms with Gasteiger partial charge in [-0.15, -0.1) is 0 Å². The van der Waals surface area contributed by atoms with E-state index in [1.165, 1.54) is 0 Å². The van der Waals surface area contributed by atoms with Crippen LogP contribution in [0.5, 0.6) is 0 Å². The Morgan fingerprint density at radius 1 is 1.16 bits per heavy atom. The van der Waals surface area contributed by atoms with Gasteiger partial charge in [-0.1, -0.05) is 30.3 Å². The topological polar surface area (TPSA) is 56.3 Å². The van der Waals surface area contributed by atoms with Crippen molar-refractivity contribution >= 4 is 5.91 Å². The number of carbonyl (C=O) groups excluding carboxylic acids is 1. The molecule has 1 amide bonds. The second-order valence-corrected chi connectivity index (χ2v) is 7.02. The fraction of sp³-hybridized carbons (Fsp3) is 0.632. The van der Waals surface area contributed by atoms with Crippen LogP contribution in [0.3, 0.4) is 0 Å². The first-order valence-corrected chi connectivity index (χ1v) is 9.19. The monoisotopic (exact) mass is 347 g/mol. The second kappa shape index (κ2) is 8.76. The summed E-state index contributed by atoms with van der Waals surface area (Å²) in [6.07, 6.45) is -0.321. The lowest BCUT2D eigenvalue weighted by Crippen LogP contribution is -2.52. The molecule has 6 nitrogen and oxygen atoms in total. The fourth-order valence-corrected chi connectivity index (χ4v) is 3.49. The molecule has 138 valence electrons. The number of aliphatic hydroxyl groups is 1. The van der Waals surface area contributed by atoms with E-state index in [-0.39, 0.29) is 12.0 Å². The van der Waals surface area contributed by atoms with E-state index in [0.29, 0.717) is 32.8 Å². The third-order valence-corrected chi connectivity index (χ3v) is 5.03. The molecule has 25 heavy (non-hydrogen) atoms. The summed E-state index contributed by atoms with van der Waals surface area (Å²) in [5, 5.41) is 10.4. The zero-order valence-electron chi connectivity index (χ0n) is 15.0. The first-order valence-electron chi connectivity index (χ1n) is 9.19. The number of hydrogen-bond acceptors (Lipinski definition) is 5. The minimum Gasteiger partial charge on any atom is -0.387 e. The van der Waals surface area contributed by atoms with Crippen LogP contribution in [-0.4, -0.2) is 90.8 Å². The van der Waals surface area contributed by atoms with Crippen LogP contribution in [0.2, 0.25) is 0 Å². The van der Waals surface area contributed by atoms with Gasteiger partial charge in [0.1, 0.15) is 0 Å². The van der Waals surface area contributed by atoms with Gasteiger partial charge < -0.3 is 14.7 Å². The van der Waals surface area contributed by atoms with Crippen molar-refractivity contribution in [2.45, 2.75) is 19.1 Å². The van der Waals surface area contributed by atoms with Gasteiger partial charge >= 0.3 is 0 Å². The average molecular weight is 347 g/mol. The summed E-state index contributed by atoms with van der Waals surface area (Å²) in [5.74, 6) is 0.202. The molecular formula is C19H29N3O3. The van der Waals surface area contributed by atoms with Crippen molar-refractivity contribution in [1.82, 2.24) is 14.7 Å². The molecule has 0 spiro atoms. The minimum atomic E-state index is -0.454. The maximum absolute atomic E-state index is 12.4. The summed E-state index contributed by atoms with van der Waals surface area (Å²) < 4.78 is 5.50. The van der Waals surface area contributed by atoms with Crippen molar-refractivity contribution in [3.05, 3.63) is 35.9 Å². The molecule has 2 atom stereocenters. The maximum Gasteiger partial charge on any atom is 0.236 e. The van der Waals surface area contributed by atoms with Crippen LogP contribution in [0.15, 0.2) is 30.3 Å². The highest BCUT2D eigenvalue weighted by atomic mass is 16.5. The standard InChI is InChI=1S/C19H29N3O3/c1-16-13-22(11-12-25-16)19(24)15-21-9-7-20(8-10-21)14-18(23)17-5-3-2-4-6-17/h2-6,16,18,23H,7-15H2,1H3/t16-,18+/m1/s1. The fourth-order valence-electron chi connectivity index (χ4n) is 3.49. The van der Waals surface area contributed by atoms with Crippen LogP contribution in [0.25, 0.3) is 0 Å². The number of morpholine rings is 1. The third kappa shape index (κ3) is 5.25. The Kier molecular flexibility index (Phi) is 6.42. The summed E-state index contributed by atoms with van der Waals surface area (Å²) in [5.41, 5.74) is 0.960. The number of carbonyl (C=O) groups is 1. The molecule has 0 saturated carbocycles. The summed E-state index contributed by atoms with van der Waals surface area (Å²) in [7, 11) is 0. The molecule has 2 fully saturated rings. The van der Waals surface area contributed by atoms with E-state index in [2.05, 4.69) is 9.80 Å². The van der Waals surface area contributed by atoms with Crippen molar-refractivity contribution < 1.29 is 14.6 Å². The molecule has 0 bridgehead atoms. The molecule has 2 aliphatic heterocycles. The molecule has 0 aliphatic carbocycles. The Hall–Kier alpha value is -1.47. The van der Waals surface area contributed by atoms with Gasteiger partial charge in [0.2, 0.25) is 5.91 Å². The molecule has 1 aromatic carbocycles. The van der Waals surface area contributed by atoms with Gasteiger partial charge in [0.25, 0.3) is 0 Å². The number of rotatable bonds is 5. The molecule has 2 heterocycles. The second-order valence-electron chi connectivity index (χ2n) is 7.02. The molecule has 2 aliphatic rings. The maximum atomic E-state index is 12.4. The van der Waals surface area contributed by atoms with E-state index >= 15 is 0 Å². The van der Waals surface area contributed by atoms with Gasteiger partial charge in [0.05, 0.1) is 25.4 Å². The number of hydrogen-bond donors (Lipinski definition) is 1. The summed E-state index contributed by atoms with van der Waals surface area (Å²) in [6, 6.07) is 9.79. The molecular weight excluding hydrogens is 318 g/mol. The number of aliphatic hydroxyl groups excluding tert-OH is 1. The van der Waals surface area contributed by atoms with Gasteiger partial charge in [-0.3, -0.25) is 14.6 Å². The Bertz CT molecular complexity index is 546. The molecule has 2 saturated heterocycles. The summed E-state index contributed by atoms with van der Waals surface area (Å²) >= 11 is 0. The molecule has 6 heteroatoms. The molecule has 1 N–H and O–H groups in total. The molecule has 0 aromatic heterocycles. The summed E-state index contributed by atoms with van der Waals surface area (Å²) in [6.45, 7) is 8.69. The predicted octanol–water partition coefficient (Wildman–Crippen LogP) is 0.585. The van der Waals surface area contributed by atoms with Crippen LogP contribution >= 0.6 is 0 Å². The lowest BCUT2D eigenvalue weighted by molar-refractivity contribution is -0.139. The Morgan fingerprint density at radius 3 is 2.52 bits per heavy atom. The largest absolute Gasteiger partial charge is 0.387 e. The molecule has 0 unspecified atom stereocenters. The van der Waals surface area contributed by atoms with Gasteiger partial charge in [-0.25, -0.2) is 0 Å². The molecule has 3 rings (SSSR count). The quantitative estimate of drug-likeness (QED) is 0.845. The van der Waals surface area contributed by atoms with E-state index in [0.717, 1.165) is 31.7 Å². The smallest absolute Gasteiger partial charge is 0.236 e. The van der Waals surface area contributed by atoms with E-state index in [4.69, 9.17) is 4.74 Å². The third-order valence-electron chi connectivity index (χ3n) is 5.03. The SMILES string of the molecule is C[C@@H]1CN(C(=O)CN2CCN(C[C@H](O)c3ccccc3)CC2)CCO1. The van der Waals surface area contributed by atoms with Crippen LogP contribution in [0.1, 0.15) is 18.6 Å². The Balaban J connectivity index is 1.40. The molecule has 1 aromatic rings. The van der Waals surface area contributed by atoms with Gasteiger partial charge in [-0.05, 0) is 12.5 Å². The normalized spacial score (nSPS) is 24.2. The predicted molar refractivity (Wildman–Crippen MR) is 96.3 cm³/mol. The first kappa shape index (κ1) is 18.3. The van der Waals surface area contributed by atoms with E-state index in [1.807, 2.05) is 42.2 Å². The van der Waals surface area contributed by atoms with Gasteiger partial charge in [0.15, 0.2) is 0 Å². The highest BCUT2D eigenvalue weighted by Crippen LogP contribution is 2.15.